The number of fused-ring (bicyclic) bond motifs is 1. The van der Waals surface area contributed by atoms with Crippen molar-refractivity contribution in [1.82, 2.24) is 9.97 Å². The molecule has 12 nitrogen and oxygen atoms in total. The fourth-order valence-electron chi connectivity index (χ4n) is 5.36. The molecule has 3 heterocycles. The van der Waals surface area contributed by atoms with Crippen LogP contribution in [0.5, 0.6) is 0 Å². The summed E-state index contributed by atoms with van der Waals surface area (Å²) in [4.78, 5) is 43.0. The molecule has 1 saturated heterocycles. The third kappa shape index (κ3) is 5.64. The number of hydroxylamine groups is 1. The highest BCUT2D eigenvalue weighted by molar-refractivity contribution is 7.46. The van der Waals surface area contributed by atoms with Gasteiger partial charge in [0, 0.05) is 30.6 Å². The zero-order chi connectivity index (χ0) is 30.5. The maximum absolute atomic E-state index is 14.7. The zero-order valence-corrected chi connectivity index (χ0v) is 23.0. The Bertz CT molecular complexity index is 1560. The minimum absolute atomic E-state index is 0.0640. The summed E-state index contributed by atoms with van der Waals surface area (Å²) in [5.41, 5.74) is 4.47. The van der Waals surface area contributed by atoms with E-state index in [0.29, 0.717) is 5.56 Å². The summed E-state index contributed by atoms with van der Waals surface area (Å²) in [6.07, 6.45) is -0.175. The maximum Gasteiger partial charge on any atom is 0.491 e. The van der Waals surface area contributed by atoms with Crippen LogP contribution >= 0.6 is 7.82 Å². The van der Waals surface area contributed by atoms with Crippen molar-refractivity contribution >= 4 is 25.1 Å². The molecule has 0 saturated carbocycles. The number of hydrogen-bond acceptors (Lipinski definition) is 9. The molecule has 1 amide bonds. The molecule has 0 spiro atoms. The van der Waals surface area contributed by atoms with Gasteiger partial charge in [-0.15, -0.1) is 0 Å². The van der Waals surface area contributed by atoms with Crippen molar-refractivity contribution in [3.63, 3.8) is 0 Å². The summed E-state index contributed by atoms with van der Waals surface area (Å²) in [5.74, 6) is -5.17. The second kappa shape index (κ2) is 11.3. The predicted octanol–water partition coefficient (Wildman–Crippen LogP) is 2.36. The lowest BCUT2D eigenvalue weighted by molar-refractivity contribution is 0.0779. The van der Waals surface area contributed by atoms with Crippen LogP contribution in [0.1, 0.15) is 41.2 Å². The van der Waals surface area contributed by atoms with E-state index in [9.17, 15) is 42.5 Å². The highest BCUT2D eigenvalue weighted by atomic mass is 31.2. The Morgan fingerprint density at radius 1 is 1.12 bits per heavy atom. The van der Waals surface area contributed by atoms with Gasteiger partial charge in [-0.3, -0.25) is 9.78 Å². The number of aromatic nitrogens is 2. The SMILES string of the molecule is C[C@H]1CN(c2c(N(OP(=O)(O)O)C(=O)c3ccc(F)c(-c4c(F)cccc4F)n3)cnc3c2CC[C@H]3O)C[C@@H](N)[C@@H]1O. The van der Waals surface area contributed by atoms with Crippen molar-refractivity contribution < 1.29 is 47.2 Å². The molecule has 1 fully saturated rings. The van der Waals surface area contributed by atoms with Crippen LogP contribution in [-0.2, 0) is 15.6 Å². The van der Waals surface area contributed by atoms with Gasteiger partial charge in [-0.2, -0.15) is 9.69 Å². The molecule has 3 aromatic rings. The molecule has 4 atom stereocenters. The number of benzene rings is 1. The lowest BCUT2D eigenvalue weighted by Crippen LogP contribution is -2.56. The predicted molar refractivity (Wildman–Crippen MR) is 142 cm³/mol. The van der Waals surface area contributed by atoms with E-state index >= 15 is 0 Å². The summed E-state index contributed by atoms with van der Waals surface area (Å²) < 4.78 is 60.6. The summed E-state index contributed by atoms with van der Waals surface area (Å²) in [6, 6.07) is 3.64. The standard InChI is InChI=1S/C26H27F3N5O7P/c1-12-10-33(11-17(30)25(12)36)24-13-5-8-20(35)22(13)31-9-19(24)34(41-42(38,39)40)26(37)18-7-6-16(29)23(32-18)21-14(27)3-2-4-15(21)28/h2-4,6-7,9,12,17,20,25,35-36H,5,8,10-11,30H2,1H3,(H2,38,39,40)/t12-,17+,20+,25+/m0/s1. The number of aliphatic hydroxyl groups is 2. The van der Waals surface area contributed by atoms with Gasteiger partial charge in [0.2, 0.25) is 0 Å². The largest absolute Gasteiger partial charge is 0.491 e. The van der Waals surface area contributed by atoms with Crippen LogP contribution in [0.3, 0.4) is 0 Å². The van der Waals surface area contributed by atoms with Crippen LogP contribution < -0.4 is 15.7 Å². The van der Waals surface area contributed by atoms with Gasteiger partial charge < -0.3 is 30.6 Å². The van der Waals surface area contributed by atoms with Gasteiger partial charge >= 0.3 is 13.7 Å². The fraction of sp³-hybridized carbons (Fsp3) is 0.346. The molecule has 1 aliphatic carbocycles. The van der Waals surface area contributed by atoms with E-state index in [1.54, 1.807) is 11.8 Å². The molecular weight excluding hydrogens is 582 g/mol. The highest BCUT2D eigenvalue weighted by Gasteiger charge is 2.39. The number of carbonyl (C=O) groups is 1. The Labute approximate surface area is 237 Å². The molecule has 0 radical (unpaired) electrons. The number of hydrogen-bond donors (Lipinski definition) is 5. The fourth-order valence-corrected chi connectivity index (χ4v) is 5.73. The van der Waals surface area contributed by atoms with Gasteiger partial charge in [-0.05, 0) is 37.1 Å². The summed E-state index contributed by atoms with van der Waals surface area (Å²) in [6.45, 7) is 2.01. The Balaban J connectivity index is 1.66. The van der Waals surface area contributed by atoms with Crippen LogP contribution in [0, 0.1) is 23.4 Å². The molecule has 224 valence electrons. The number of carbonyl (C=O) groups excluding carboxylic acids is 1. The Morgan fingerprint density at radius 2 is 1.81 bits per heavy atom. The number of piperidine rings is 1. The molecule has 5 rings (SSSR count). The van der Waals surface area contributed by atoms with E-state index < -0.39 is 66.4 Å². The number of amides is 1. The van der Waals surface area contributed by atoms with Gasteiger partial charge in [-0.1, -0.05) is 13.0 Å². The van der Waals surface area contributed by atoms with E-state index in [-0.39, 0.29) is 54.0 Å². The summed E-state index contributed by atoms with van der Waals surface area (Å²) >= 11 is 0. The van der Waals surface area contributed by atoms with Crippen molar-refractivity contribution in [2.45, 2.75) is 38.0 Å². The molecule has 6 N–H and O–H groups in total. The second-order valence-electron chi connectivity index (χ2n) is 10.2. The van der Waals surface area contributed by atoms with Gasteiger partial charge in [0.25, 0.3) is 0 Å². The molecule has 2 aliphatic rings. The summed E-state index contributed by atoms with van der Waals surface area (Å²) in [5, 5.41) is 21.1. The van der Waals surface area contributed by atoms with E-state index in [2.05, 4.69) is 9.97 Å². The van der Waals surface area contributed by atoms with Gasteiger partial charge in [0.05, 0.1) is 35.3 Å². The molecule has 0 bridgehead atoms. The summed E-state index contributed by atoms with van der Waals surface area (Å²) in [7, 11) is -5.46. The molecule has 42 heavy (non-hydrogen) atoms. The quantitative estimate of drug-likeness (QED) is 0.204. The molecule has 1 aromatic carbocycles. The first-order valence-corrected chi connectivity index (χ1v) is 14.4. The average molecular weight is 609 g/mol. The van der Waals surface area contributed by atoms with Gasteiger partial charge in [0.1, 0.15) is 34.5 Å². The van der Waals surface area contributed by atoms with E-state index in [1.807, 2.05) is 0 Å². The van der Waals surface area contributed by atoms with Crippen molar-refractivity contribution in [3.8, 4) is 11.3 Å². The maximum atomic E-state index is 14.7. The third-order valence-electron chi connectivity index (χ3n) is 7.28. The number of rotatable bonds is 6. The minimum Gasteiger partial charge on any atom is -0.391 e. The van der Waals surface area contributed by atoms with Crippen LogP contribution in [0.15, 0.2) is 36.5 Å². The van der Waals surface area contributed by atoms with Gasteiger partial charge in [0.15, 0.2) is 0 Å². The number of aliphatic hydroxyl groups excluding tert-OH is 2. The Morgan fingerprint density at radius 3 is 2.45 bits per heavy atom. The van der Waals surface area contributed by atoms with Crippen LogP contribution in [0.25, 0.3) is 11.3 Å². The smallest absolute Gasteiger partial charge is 0.391 e. The van der Waals surface area contributed by atoms with Crippen LogP contribution in [0.4, 0.5) is 24.5 Å². The van der Waals surface area contributed by atoms with Crippen molar-refractivity contribution in [2.24, 2.45) is 11.7 Å². The van der Waals surface area contributed by atoms with E-state index in [1.165, 1.54) is 0 Å². The lowest BCUT2D eigenvalue weighted by atomic mass is 9.92. The molecule has 16 heteroatoms. The average Bonchev–Trinajstić information content (AvgIpc) is 3.30. The topological polar surface area (TPSA) is 183 Å². The minimum atomic E-state index is -5.46. The molecule has 2 aromatic heterocycles. The van der Waals surface area contributed by atoms with Crippen molar-refractivity contribution in [2.75, 3.05) is 23.1 Å². The first-order chi connectivity index (χ1) is 19.8. The normalized spacial score (nSPS) is 22.3. The Kier molecular flexibility index (Phi) is 8.11. The van der Waals surface area contributed by atoms with E-state index in [0.717, 1.165) is 36.5 Å². The molecule has 1 aliphatic heterocycles. The van der Waals surface area contributed by atoms with Gasteiger partial charge in [-0.25, -0.2) is 22.7 Å². The number of nitrogens with zero attached hydrogens (tertiary/aromatic N) is 4. The lowest BCUT2D eigenvalue weighted by Gasteiger charge is -2.41. The van der Waals surface area contributed by atoms with Crippen molar-refractivity contribution in [3.05, 3.63) is 70.9 Å². The Hall–Kier alpha value is -3.43. The first-order valence-electron chi connectivity index (χ1n) is 12.9. The van der Waals surface area contributed by atoms with Crippen LogP contribution in [-0.4, -0.2) is 61.1 Å². The number of phosphoric acid groups is 1. The first kappa shape index (κ1) is 30.0. The van der Waals surface area contributed by atoms with Crippen LogP contribution in [0.2, 0.25) is 0 Å². The monoisotopic (exact) mass is 609 g/mol. The van der Waals surface area contributed by atoms with E-state index in [4.69, 9.17) is 10.4 Å². The number of halogens is 3. The highest BCUT2D eigenvalue weighted by Crippen LogP contribution is 2.47. The number of anilines is 2. The number of nitrogens with two attached hydrogens (primary N) is 1. The zero-order valence-electron chi connectivity index (χ0n) is 22.1. The third-order valence-corrected chi connectivity index (χ3v) is 7.66. The molecular formula is C26H27F3N5O7P. The van der Waals surface area contributed by atoms with Crippen molar-refractivity contribution in [1.29, 1.82) is 0 Å². The molecule has 0 unspecified atom stereocenters. The second-order valence-corrected chi connectivity index (χ2v) is 11.4. The number of pyridine rings is 2.